The van der Waals surface area contributed by atoms with E-state index in [1.165, 1.54) is 17.4 Å². The summed E-state index contributed by atoms with van der Waals surface area (Å²) in [6, 6.07) is -3.32. The monoisotopic (exact) mass is 709 g/mol. The first kappa shape index (κ1) is 42.4. The summed E-state index contributed by atoms with van der Waals surface area (Å²) in [5, 5.41) is 8.17. The molecule has 49 heavy (non-hydrogen) atoms. The van der Waals surface area contributed by atoms with Crippen LogP contribution in [-0.2, 0) is 29.2 Å². The maximum Gasteiger partial charge on any atom is 0.315 e. The third-order valence-electron chi connectivity index (χ3n) is 10.4. The zero-order valence-corrected chi connectivity index (χ0v) is 33.0. The Morgan fingerprint density at radius 1 is 0.980 bits per heavy atom. The first-order valence-electron chi connectivity index (χ1n) is 17.4. The summed E-state index contributed by atoms with van der Waals surface area (Å²) in [4.78, 5) is 69.1. The molecule has 1 aliphatic carbocycles. The van der Waals surface area contributed by atoms with E-state index in [9.17, 15) is 32.4 Å². The van der Waals surface area contributed by atoms with E-state index in [0.29, 0.717) is 19.4 Å². The maximum absolute atomic E-state index is 14.4. The molecule has 2 rings (SSSR count). The SMILES string of the molecule is C=CCNC(=O)C(=O)C(CCC)CC(=O)[C@@H]1[C@@H]2[C@H](CN1C(=O)[C@@H](NC(=O)N[C@H](CS(=O)(=O)N(C)C(C)(C)C)C(C)(C)C)C(C)(C)C)C2(C)C. The highest BCUT2D eigenvalue weighted by Gasteiger charge is 2.69. The van der Waals surface area contributed by atoms with E-state index in [4.69, 9.17) is 0 Å². The third kappa shape index (κ3) is 10.1. The first-order chi connectivity index (χ1) is 22.1. The number of amides is 4. The Balaban J connectivity index is 2.35. The molecule has 280 valence electrons. The van der Waals surface area contributed by atoms with Crippen molar-refractivity contribution >= 4 is 39.4 Å². The van der Waals surface area contributed by atoms with E-state index < -0.39 is 74.1 Å². The van der Waals surface area contributed by atoms with Crippen molar-refractivity contribution in [1.29, 1.82) is 0 Å². The Labute approximate surface area is 295 Å². The molecular formula is C36H63N5O7S. The average molecular weight is 710 g/mol. The van der Waals surface area contributed by atoms with Crippen LogP contribution in [0.3, 0.4) is 0 Å². The number of ketones is 2. The number of carbonyl (C=O) groups is 5. The number of hydrogen-bond donors (Lipinski definition) is 3. The van der Waals surface area contributed by atoms with Crippen LogP contribution in [0, 0.1) is 34.0 Å². The van der Waals surface area contributed by atoms with Crippen molar-refractivity contribution in [3.63, 3.8) is 0 Å². The van der Waals surface area contributed by atoms with Crippen molar-refractivity contribution in [2.24, 2.45) is 34.0 Å². The van der Waals surface area contributed by atoms with E-state index >= 15 is 0 Å². The minimum absolute atomic E-state index is 0.0753. The van der Waals surface area contributed by atoms with E-state index in [2.05, 4.69) is 36.4 Å². The van der Waals surface area contributed by atoms with Crippen LogP contribution in [0.5, 0.6) is 0 Å². The minimum Gasteiger partial charge on any atom is -0.346 e. The van der Waals surface area contributed by atoms with E-state index in [1.807, 2.05) is 48.5 Å². The summed E-state index contributed by atoms with van der Waals surface area (Å²) in [6.07, 6.45) is 2.25. The molecule has 2 aliphatic rings. The van der Waals surface area contributed by atoms with Gasteiger partial charge in [-0.25, -0.2) is 13.2 Å². The van der Waals surface area contributed by atoms with E-state index in [-0.39, 0.29) is 41.8 Å². The quantitative estimate of drug-likeness (QED) is 0.172. The number of nitrogens with one attached hydrogen (secondary N) is 3. The lowest BCUT2D eigenvalue weighted by molar-refractivity contribution is -0.145. The van der Waals surface area contributed by atoms with E-state index in [1.54, 1.807) is 25.7 Å². The van der Waals surface area contributed by atoms with Gasteiger partial charge in [-0.15, -0.1) is 6.58 Å². The molecule has 0 spiro atoms. The number of fused-ring (bicyclic) bond motifs is 1. The summed E-state index contributed by atoms with van der Waals surface area (Å²) in [5.74, 6) is -3.29. The van der Waals surface area contributed by atoms with E-state index in [0.717, 1.165) is 0 Å². The van der Waals surface area contributed by atoms with Crippen molar-refractivity contribution in [3.05, 3.63) is 12.7 Å². The first-order valence-corrected chi connectivity index (χ1v) is 19.0. The number of Topliss-reactive ketones (excluding diaryl/α,β-unsaturated/α-hetero) is 2. The molecule has 6 atom stereocenters. The second kappa shape index (κ2) is 15.2. The molecule has 0 bridgehead atoms. The molecule has 1 saturated heterocycles. The van der Waals surface area contributed by atoms with Crippen LogP contribution < -0.4 is 16.0 Å². The number of urea groups is 1. The van der Waals surface area contributed by atoms with Crippen LogP contribution in [0.25, 0.3) is 0 Å². The van der Waals surface area contributed by atoms with Crippen molar-refractivity contribution in [3.8, 4) is 0 Å². The lowest BCUT2D eigenvalue weighted by atomic mass is 9.84. The fraction of sp³-hybridized carbons (Fsp3) is 0.806. The molecular weight excluding hydrogens is 646 g/mol. The maximum atomic E-state index is 14.4. The number of carbonyl (C=O) groups excluding carboxylic acids is 5. The molecule has 3 N–H and O–H groups in total. The molecule has 4 amide bonds. The molecule has 13 heteroatoms. The Morgan fingerprint density at radius 3 is 2.02 bits per heavy atom. The average Bonchev–Trinajstić information content (AvgIpc) is 3.26. The van der Waals surface area contributed by atoms with Crippen molar-refractivity contribution in [2.45, 2.75) is 126 Å². The minimum atomic E-state index is -3.77. The van der Waals surface area contributed by atoms with Gasteiger partial charge in [0.2, 0.25) is 21.7 Å². The number of sulfonamides is 1. The second-order valence-electron chi connectivity index (χ2n) is 17.7. The summed E-state index contributed by atoms with van der Waals surface area (Å²) in [7, 11) is -2.25. The molecule has 0 radical (unpaired) electrons. The summed E-state index contributed by atoms with van der Waals surface area (Å²) < 4.78 is 27.9. The fourth-order valence-corrected chi connectivity index (χ4v) is 8.81. The van der Waals surface area contributed by atoms with Crippen molar-refractivity contribution in [2.75, 3.05) is 25.9 Å². The molecule has 0 aromatic carbocycles. The molecule has 12 nitrogen and oxygen atoms in total. The zero-order chi connectivity index (χ0) is 38.1. The predicted molar refractivity (Wildman–Crippen MR) is 192 cm³/mol. The van der Waals surface area contributed by atoms with Gasteiger partial charge in [-0.1, -0.05) is 74.8 Å². The van der Waals surface area contributed by atoms with Gasteiger partial charge in [-0.3, -0.25) is 19.2 Å². The number of nitrogens with zero attached hydrogens (tertiary/aromatic N) is 2. The Hall–Kier alpha value is -2.80. The van der Waals surface area contributed by atoms with Crippen molar-refractivity contribution < 1.29 is 32.4 Å². The highest BCUT2D eigenvalue weighted by Crippen LogP contribution is 2.65. The highest BCUT2D eigenvalue weighted by molar-refractivity contribution is 7.89. The zero-order valence-electron chi connectivity index (χ0n) is 32.2. The molecule has 0 aromatic heterocycles. The van der Waals surface area contributed by atoms with Gasteiger partial charge in [0, 0.05) is 38.0 Å². The third-order valence-corrected chi connectivity index (χ3v) is 12.5. The molecule has 0 aromatic rings. The smallest absolute Gasteiger partial charge is 0.315 e. The summed E-state index contributed by atoms with van der Waals surface area (Å²) >= 11 is 0. The molecule has 2 fully saturated rings. The molecule has 1 unspecified atom stereocenters. The normalized spacial score (nSPS) is 22.4. The summed E-state index contributed by atoms with van der Waals surface area (Å²) in [6.45, 7) is 26.4. The molecule has 1 heterocycles. The van der Waals surface area contributed by atoms with Gasteiger partial charge in [0.25, 0.3) is 5.91 Å². The van der Waals surface area contributed by atoms with Crippen LogP contribution in [0.4, 0.5) is 4.79 Å². The molecule has 1 saturated carbocycles. The Kier molecular flexibility index (Phi) is 13.1. The predicted octanol–water partition coefficient (Wildman–Crippen LogP) is 3.90. The second-order valence-corrected chi connectivity index (χ2v) is 19.7. The van der Waals surface area contributed by atoms with Crippen LogP contribution in [0.2, 0.25) is 0 Å². The Bertz CT molecular complexity index is 1390. The number of hydrogen-bond acceptors (Lipinski definition) is 7. The lowest BCUT2D eigenvalue weighted by Crippen LogP contribution is -2.61. The Morgan fingerprint density at radius 2 is 1.55 bits per heavy atom. The van der Waals surface area contributed by atoms with Gasteiger partial charge < -0.3 is 20.9 Å². The fourth-order valence-electron chi connectivity index (χ4n) is 6.75. The van der Waals surface area contributed by atoms with Crippen LogP contribution in [0.1, 0.15) is 102 Å². The van der Waals surface area contributed by atoms with Crippen LogP contribution in [-0.4, -0.2) is 96.6 Å². The number of piperidine rings is 1. The standard InChI is InChI=1S/C36H63N5O7S/c1-15-17-22(28(43)30(44)37-18-16-2)19-24(42)27-26-23(36(26,12)13)20-41(27)31(45)29(34(6,7)8)39-32(46)38-25(33(3,4)5)21-49(47,48)40(14)35(9,10)11/h16,22-23,25-27,29H,2,15,17-21H2,1,3-14H3,(H,37,44)(H2,38,39,46)/t22?,23-,25+,26-,27+,29+/m0/s1. The number of likely N-dealkylation sites (tertiary alicyclic amines) is 1. The van der Waals surface area contributed by atoms with Gasteiger partial charge in [-0.2, -0.15) is 4.31 Å². The summed E-state index contributed by atoms with van der Waals surface area (Å²) in [5.41, 5.74) is -2.26. The highest BCUT2D eigenvalue weighted by atomic mass is 32.2. The van der Waals surface area contributed by atoms with Gasteiger partial charge in [0.1, 0.15) is 6.04 Å². The van der Waals surface area contributed by atoms with Gasteiger partial charge >= 0.3 is 6.03 Å². The molecule has 1 aliphatic heterocycles. The van der Waals surface area contributed by atoms with Crippen LogP contribution >= 0.6 is 0 Å². The topological polar surface area (TPSA) is 162 Å². The number of rotatable bonds is 15. The van der Waals surface area contributed by atoms with Crippen LogP contribution in [0.15, 0.2) is 12.7 Å². The lowest BCUT2D eigenvalue weighted by Gasteiger charge is -2.39. The van der Waals surface area contributed by atoms with Crippen molar-refractivity contribution in [1.82, 2.24) is 25.2 Å². The van der Waals surface area contributed by atoms with Gasteiger partial charge in [-0.05, 0) is 55.3 Å². The van der Waals surface area contributed by atoms with Gasteiger partial charge in [0.15, 0.2) is 5.78 Å². The van der Waals surface area contributed by atoms with Gasteiger partial charge in [0.05, 0.1) is 17.8 Å². The largest absolute Gasteiger partial charge is 0.346 e.